The monoisotopic (exact) mass is 325 g/mol. The number of ether oxygens (including phenoxy) is 1. The van der Waals surface area contributed by atoms with Gasteiger partial charge in [-0.3, -0.25) is 4.79 Å². The Morgan fingerprint density at radius 2 is 1.88 bits per heavy atom. The normalized spacial score (nSPS) is 14.2. The maximum atomic E-state index is 11.8. The molecule has 0 bridgehead atoms. The van der Waals surface area contributed by atoms with E-state index >= 15 is 0 Å². The summed E-state index contributed by atoms with van der Waals surface area (Å²) < 4.78 is 5.42. The quantitative estimate of drug-likeness (QED) is 0.887. The molecule has 24 heavy (non-hydrogen) atoms. The van der Waals surface area contributed by atoms with Crippen LogP contribution in [0.3, 0.4) is 0 Å². The smallest absolute Gasteiger partial charge is 0.258 e. The third kappa shape index (κ3) is 4.72. The average Bonchev–Trinajstić information content (AvgIpc) is 2.67. The molecule has 1 aliphatic heterocycles. The number of nitrogens with one attached hydrogen (secondary N) is 1. The highest BCUT2D eigenvalue weighted by molar-refractivity contribution is 5.77. The molecule has 0 aliphatic carbocycles. The predicted octanol–water partition coefficient (Wildman–Crippen LogP) is 2.77. The zero-order valence-corrected chi connectivity index (χ0v) is 13.8. The first-order valence-corrected chi connectivity index (χ1v) is 8.46. The molecule has 3 rings (SSSR count). The number of pyridine rings is 1. The van der Waals surface area contributed by atoms with Crippen molar-refractivity contribution in [3.8, 4) is 5.75 Å². The molecule has 1 aliphatic rings. The van der Waals surface area contributed by atoms with Gasteiger partial charge in [0.1, 0.15) is 11.6 Å². The molecule has 2 aromatic rings. The summed E-state index contributed by atoms with van der Waals surface area (Å²) >= 11 is 0. The molecule has 1 aromatic heterocycles. The number of piperidine rings is 1. The Morgan fingerprint density at radius 1 is 1.08 bits per heavy atom. The summed E-state index contributed by atoms with van der Waals surface area (Å²) in [5, 5.41) is 2.85. The van der Waals surface area contributed by atoms with Crippen molar-refractivity contribution in [3.63, 3.8) is 0 Å². The Hall–Kier alpha value is -2.56. The lowest BCUT2D eigenvalue weighted by Gasteiger charge is -2.27. The minimum atomic E-state index is -0.140. The summed E-state index contributed by atoms with van der Waals surface area (Å²) in [5.74, 6) is 1.58. The van der Waals surface area contributed by atoms with Gasteiger partial charge in [-0.25, -0.2) is 4.98 Å². The third-order valence-corrected chi connectivity index (χ3v) is 4.09. The van der Waals surface area contributed by atoms with E-state index in [1.165, 1.54) is 19.3 Å². The number of amides is 1. The van der Waals surface area contributed by atoms with Gasteiger partial charge in [-0.05, 0) is 43.0 Å². The van der Waals surface area contributed by atoms with Gasteiger partial charge < -0.3 is 15.0 Å². The van der Waals surface area contributed by atoms with Crippen molar-refractivity contribution in [1.82, 2.24) is 10.3 Å². The molecule has 1 aromatic carbocycles. The number of carbonyl (C=O) groups is 1. The van der Waals surface area contributed by atoms with Crippen LogP contribution in [0.5, 0.6) is 5.75 Å². The van der Waals surface area contributed by atoms with Gasteiger partial charge in [0.2, 0.25) is 0 Å². The second-order valence-corrected chi connectivity index (χ2v) is 5.95. The van der Waals surface area contributed by atoms with Gasteiger partial charge in [0, 0.05) is 25.8 Å². The van der Waals surface area contributed by atoms with Gasteiger partial charge in [-0.2, -0.15) is 0 Å². The summed E-state index contributed by atoms with van der Waals surface area (Å²) in [7, 11) is 0. The molecule has 2 heterocycles. The van der Waals surface area contributed by atoms with E-state index in [-0.39, 0.29) is 12.5 Å². The molecule has 0 radical (unpaired) electrons. The first kappa shape index (κ1) is 16.3. The maximum Gasteiger partial charge on any atom is 0.258 e. The Bertz CT molecular complexity index is 637. The van der Waals surface area contributed by atoms with Crippen LogP contribution in [-0.4, -0.2) is 30.6 Å². The fourth-order valence-electron chi connectivity index (χ4n) is 2.75. The highest BCUT2D eigenvalue weighted by atomic mass is 16.5. The van der Waals surface area contributed by atoms with Crippen molar-refractivity contribution >= 4 is 11.7 Å². The number of hydrogen-bond acceptors (Lipinski definition) is 4. The van der Waals surface area contributed by atoms with E-state index in [1.807, 2.05) is 48.7 Å². The van der Waals surface area contributed by atoms with E-state index in [2.05, 4.69) is 15.2 Å². The van der Waals surface area contributed by atoms with Crippen molar-refractivity contribution in [2.45, 2.75) is 25.8 Å². The van der Waals surface area contributed by atoms with E-state index in [4.69, 9.17) is 4.74 Å². The lowest BCUT2D eigenvalue weighted by molar-refractivity contribution is -0.123. The molecule has 126 valence electrons. The topological polar surface area (TPSA) is 54.5 Å². The summed E-state index contributed by atoms with van der Waals surface area (Å²) in [6, 6.07) is 13.4. The minimum absolute atomic E-state index is 0.0172. The van der Waals surface area contributed by atoms with E-state index in [0.717, 1.165) is 24.5 Å². The molecule has 0 saturated carbocycles. The number of anilines is 1. The molecule has 1 fully saturated rings. The minimum Gasteiger partial charge on any atom is -0.484 e. The number of nitrogens with zero attached hydrogens (tertiary/aromatic N) is 2. The van der Waals surface area contributed by atoms with Crippen molar-refractivity contribution in [3.05, 3.63) is 54.2 Å². The van der Waals surface area contributed by atoms with E-state index in [0.29, 0.717) is 12.3 Å². The molecule has 0 unspecified atom stereocenters. The Kier molecular flexibility index (Phi) is 5.66. The molecular weight excluding hydrogens is 302 g/mol. The molecule has 5 heteroatoms. The Labute approximate surface area is 142 Å². The van der Waals surface area contributed by atoms with Crippen LogP contribution in [0.25, 0.3) is 0 Å². The lowest BCUT2D eigenvalue weighted by atomic mass is 10.1. The van der Waals surface area contributed by atoms with E-state index < -0.39 is 0 Å². The molecule has 0 spiro atoms. The molecule has 5 nitrogen and oxygen atoms in total. The van der Waals surface area contributed by atoms with Crippen LogP contribution in [-0.2, 0) is 11.3 Å². The molecule has 1 amide bonds. The summed E-state index contributed by atoms with van der Waals surface area (Å²) in [4.78, 5) is 18.7. The van der Waals surface area contributed by atoms with Gasteiger partial charge in [-0.1, -0.05) is 24.3 Å². The van der Waals surface area contributed by atoms with Gasteiger partial charge in [0.15, 0.2) is 6.61 Å². The molecule has 1 N–H and O–H groups in total. The highest BCUT2D eigenvalue weighted by Gasteiger charge is 2.11. The molecular formula is C19H23N3O2. The van der Waals surface area contributed by atoms with Crippen LogP contribution in [0, 0.1) is 0 Å². The number of rotatable bonds is 6. The van der Waals surface area contributed by atoms with Crippen molar-refractivity contribution < 1.29 is 9.53 Å². The van der Waals surface area contributed by atoms with Crippen LogP contribution >= 0.6 is 0 Å². The first-order valence-electron chi connectivity index (χ1n) is 8.46. The van der Waals surface area contributed by atoms with Crippen molar-refractivity contribution in [1.29, 1.82) is 0 Å². The Balaban J connectivity index is 1.43. The van der Waals surface area contributed by atoms with Crippen LogP contribution in [0.15, 0.2) is 48.7 Å². The standard InChI is InChI=1S/C19H23N3O2/c23-19(15-24-17-7-3-1-4-8-17)21-14-16-9-10-18(20-13-16)22-11-5-2-6-12-22/h1,3-4,7-10,13H,2,5-6,11-12,14-15H2,(H,21,23). The second kappa shape index (κ2) is 8.34. The van der Waals surface area contributed by atoms with Crippen LogP contribution in [0.1, 0.15) is 24.8 Å². The fraction of sp³-hybridized carbons (Fsp3) is 0.368. The summed E-state index contributed by atoms with van der Waals surface area (Å²) in [6.07, 6.45) is 5.62. The van der Waals surface area contributed by atoms with Crippen molar-refractivity contribution in [2.24, 2.45) is 0 Å². The zero-order valence-electron chi connectivity index (χ0n) is 13.8. The van der Waals surface area contributed by atoms with Crippen LogP contribution in [0.2, 0.25) is 0 Å². The Morgan fingerprint density at radius 3 is 2.58 bits per heavy atom. The predicted molar refractivity (Wildman–Crippen MR) is 94.1 cm³/mol. The van der Waals surface area contributed by atoms with Gasteiger partial charge >= 0.3 is 0 Å². The lowest BCUT2D eigenvalue weighted by Crippen LogP contribution is -2.30. The van der Waals surface area contributed by atoms with Gasteiger partial charge in [0.25, 0.3) is 5.91 Å². The van der Waals surface area contributed by atoms with E-state index in [9.17, 15) is 4.79 Å². The number of aromatic nitrogens is 1. The molecule has 0 atom stereocenters. The van der Waals surface area contributed by atoms with Gasteiger partial charge in [-0.15, -0.1) is 0 Å². The van der Waals surface area contributed by atoms with Crippen LogP contribution < -0.4 is 15.0 Å². The number of para-hydroxylation sites is 1. The summed E-state index contributed by atoms with van der Waals surface area (Å²) in [6.45, 7) is 2.65. The maximum absolute atomic E-state index is 11.8. The summed E-state index contributed by atoms with van der Waals surface area (Å²) in [5.41, 5.74) is 0.990. The number of hydrogen-bond donors (Lipinski definition) is 1. The third-order valence-electron chi connectivity index (χ3n) is 4.09. The van der Waals surface area contributed by atoms with Gasteiger partial charge in [0.05, 0.1) is 0 Å². The van der Waals surface area contributed by atoms with Crippen molar-refractivity contribution in [2.75, 3.05) is 24.6 Å². The molecule has 1 saturated heterocycles. The van der Waals surface area contributed by atoms with Crippen LogP contribution in [0.4, 0.5) is 5.82 Å². The largest absolute Gasteiger partial charge is 0.484 e. The number of benzene rings is 1. The number of carbonyl (C=O) groups excluding carboxylic acids is 1. The zero-order chi connectivity index (χ0) is 16.6. The SMILES string of the molecule is O=C(COc1ccccc1)NCc1ccc(N2CCCCC2)nc1. The fourth-order valence-corrected chi connectivity index (χ4v) is 2.75. The second-order valence-electron chi connectivity index (χ2n) is 5.95. The highest BCUT2D eigenvalue weighted by Crippen LogP contribution is 2.17. The van der Waals surface area contributed by atoms with E-state index in [1.54, 1.807) is 0 Å². The average molecular weight is 325 g/mol. The first-order chi connectivity index (χ1) is 11.8.